The summed E-state index contributed by atoms with van der Waals surface area (Å²) in [6, 6.07) is 1.24. The monoisotopic (exact) mass is 1490 g/mol. The molecule has 12 heterocycles. The average Bonchev–Trinajstić information content (AvgIpc) is 1.48. The molecule has 1 unspecified atom stereocenters. The highest BCUT2D eigenvalue weighted by molar-refractivity contribution is 7.93. The number of esters is 3. The van der Waals surface area contributed by atoms with Gasteiger partial charge in [-0.15, -0.1) is 0 Å². The predicted octanol–water partition coefficient (Wildman–Crippen LogP) is 7.53. The van der Waals surface area contributed by atoms with Gasteiger partial charge in [-0.3, -0.25) is 0 Å². The Kier molecular flexibility index (Phi) is 20.4. The first-order valence-electron chi connectivity index (χ1n) is 31.8. The maximum atomic E-state index is 13.4. The lowest BCUT2D eigenvalue weighted by molar-refractivity contribution is -0.140. The first-order valence-corrected chi connectivity index (χ1v) is 38.9. The van der Waals surface area contributed by atoms with Gasteiger partial charge in [-0.2, -0.15) is 28.5 Å². The van der Waals surface area contributed by atoms with Crippen molar-refractivity contribution in [3.8, 4) is 15.6 Å². The van der Waals surface area contributed by atoms with Crippen LogP contribution in [0.25, 0.3) is 33.1 Å². The number of fused-ring (bicyclic) bond motifs is 3. The molecule has 39 heteroatoms. The van der Waals surface area contributed by atoms with E-state index in [1.165, 1.54) is 50.8 Å². The van der Waals surface area contributed by atoms with Gasteiger partial charge in [0.05, 0.1) is 83.8 Å². The summed E-state index contributed by atoms with van der Waals surface area (Å²) in [6.07, 6.45) is 16.3. The number of hydrogen-bond acceptors (Lipinski definition) is 30. The zero-order valence-corrected chi connectivity index (χ0v) is 57.4. The Labute approximate surface area is 574 Å². The minimum absolute atomic E-state index is 0.0173. The Morgan fingerprint density at radius 1 is 0.434 bits per heavy atom. The van der Waals surface area contributed by atoms with Crippen molar-refractivity contribution in [1.29, 1.82) is 0 Å². The molecule has 3 aliphatic carbocycles. The van der Waals surface area contributed by atoms with Crippen LogP contribution in [0.2, 0.25) is 0 Å². The number of nitrogens with two attached hydrogens (primary N) is 3. The number of pyridine rings is 3. The van der Waals surface area contributed by atoms with Gasteiger partial charge in [-0.25, -0.2) is 83.6 Å². The molecule has 3 atom stereocenters. The number of hydrogen-bond donors (Lipinski definition) is 3. The molecule has 6 N–H and O–H groups in total. The highest BCUT2D eigenvalue weighted by atomic mass is 32.2. The van der Waals surface area contributed by atoms with Crippen LogP contribution in [0.5, 0.6) is 15.6 Å². The van der Waals surface area contributed by atoms with Gasteiger partial charge in [0, 0.05) is 39.6 Å². The lowest BCUT2D eigenvalue weighted by Gasteiger charge is -2.25. The van der Waals surface area contributed by atoms with Gasteiger partial charge in [-0.1, -0.05) is 0 Å². The number of halogens is 3. The molecule has 0 radical (unpaired) electrons. The molecule has 3 aliphatic heterocycles. The van der Waals surface area contributed by atoms with Crippen molar-refractivity contribution < 1.29 is 81.2 Å². The molecule has 3 saturated heterocycles. The number of aromatic nitrogens is 12. The molecule has 0 amide bonds. The second kappa shape index (κ2) is 29.0. The summed E-state index contributed by atoms with van der Waals surface area (Å²) in [5.41, 5.74) is 18.4. The largest absolute Gasteiger partial charge is 0.396 e. The molecule has 3 saturated carbocycles. The van der Waals surface area contributed by atoms with E-state index in [1.54, 1.807) is 0 Å². The van der Waals surface area contributed by atoms with Crippen molar-refractivity contribution in [2.75, 3.05) is 56.8 Å². The molecule has 9 aromatic rings. The van der Waals surface area contributed by atoms with E-state index in [1.807, 2.05) is 0 Å². The second-order valence-corrected chi connectivity index (χ2v) is 34.2. The van der Waals surface area contributed by atoms with Gasteiger partial charge in [0.1, 0.15) is 17.5 Å². The third-order valence-electron chi connectivity index (χ3n) is 17.8. The van der Waals surface area contributed by atoms with Gasteiger partial charge in [0.25, 0.3) is 15.6 Å². The molecular formula is C60H66F3N15O15S6. The van der Waals surface area contributed by atoms with E-state index >= 15 is 0 Å². The minimum atomic E-state index is -3.58. The number of rotatable bonds is 21. The molecule has 528 valence electrons. The Hall–Kier alpha value is -7.92. The summed E-state index contributed by atoms with van der Waals surface area (Å²) in [7, 11) is -10.7. The number of nitrogens with zero attached hydrogens (tertiary/aromatic N) is 12. The zero-order valence-electron chi connectivity index (χ0n) is 52.5. The first kappa shape index (κ1) is 69.6. The number of anilines is 3. The maximum absolute atomic E-state index is 13.4. The SMILES string of the molecule is Nc1cc(S(=O)(=O)C2CC2)c2cnn(C(CC3CCOCC3)C(=O)Oc3ncc(F)s3)c2n1.Nc1cc(S(=O)(=O)C2CC2)c2cnn([C@@H](CC3CCOCC3)C(=O)Oc3ncc(F)s3)c2n1.Nc1cc(S(=O)(=O)C2CC2)c2cnn([C@H](CC3CCOCC3)C(=O)Oc3ncc(F)s3)c2n1. The van der Waals surface area contributed by atoms with E-state index in [9.17, 15) is 52.8 Å². The highest BCUT2D eigenvalue weighted by Gasteiger charge is 2.43. The Bertz CT molecular complexity index is 4370. The van der Waals surface area contributed by atoms with E-state index < -0.39 is 96.7 Å². The first-order chi connectivity index (χ1) is 47.5. The predicted molar refractivity (Wildman–Crippen MR) is 351 cm³/mol. The summed E-state index contributed by atoms with van der Waals surface area (Å²) < 4.78 is 154. The van der Waals surface area contributed by atoms with E-state index in [0.29, 0.717) is 148 Å². The van der Waals surface area contributed by atoms with E-state index in [0.717, 1.165) is 57.1 Å². The molecule has 0 spiro atoms. The number of sulfone groups is 3. The van der Waals surface area contributed by atoms with Crippen LogP contribution >= 0.6 is 34.0 Å². The van der Waals surface area contributed by atoms with Crippen LogP contribution in [0.1, 0.15) is 114 Å². The summed E-state index contributed by atoms with van der Waals surface area (Å²) in [5.74, 6) is -1.54. The molecule has 0 bridgehead atoms. The van der Waals surface area contributed by atoms with Crippen LogP contribution in [0, 0.1) is 33.1 Å². The van der Waals surface area contributed by atoms with Gasteiger partial charge >= 0.3 is 17.9 Å². The van der Waals surface area contributed by atoms with Crippen LogP contribution in [-0.2, 0) is 58.1 Å². The Morgan fingerprint density at radius 3 is 0.909 bits per heavy atom. The number of ether oxygens (including phenoxy) is 6. The topological polar surface area (TPSA) is 418 Å². The maximum Gasteiger partial charge on any atom is 0.338 e. The van der Waals surface area contributed by atoms with Crippen LogP contribution in [0.15, 0.2) is 70.1 Å². The van der Waals surface area contributed by atoms with Crippen molar-refractivity contribution in [3.63, 3.8) is 0 Å². The molecule has 9 aromatic heterocycles. The Balaban J connectivity index is 0.000000133. The standard InChI is InChI=1S/3C20H22FN5O5S2/c3*21-16-10-23-20(32-16)31-19(27)14(7-11-3-5-30-6-4-11)26-18-13(9-24-26)15(8-17(22)25-18)33(28,29)12-1-2-12/h3*8-12,14H,1-7H2,(H2,22,25)/t2*14-;/m10./s1. The van der Waals surface area contributed by atoms with Gasteiger partial charge < -0.3 is 45.6 Å². The normalized spacial score (nSPS) is 18.5. The van der Waals surface area contributed by atoms with Crippen LogP contribution in [-0.4, -0.2) is 158 Å². The summed E-state index contributed by atoms with van der Waals surface area (Å²) in [5, 5.41) is 10.5. The third kappa shape index (κ3) is 15.7. The number of carbonyl (C=O) groups excluding carboxylic acids is 3. The van der Waals surface area contributed by atoms with Crippen LogP contribution < -0.4 is 31.4 Å². The Morgan fingerprint density at radius 2 is 0.687 bits per heavy atom. The zero-order chi connectivity index (χ0) is 69.5. The second-order valence-electron chi connectivity index (χ2n) is 24.8. The van der Waals surface area contributed by atoms with Crippen molar-refractivity contribution in [2.45, 2.75) is 145 Å². The summed E-state index contributed by atoms with van der Waals surface area (Å²) >= 11 is 1.84. The van der Waals surface area contributed by atoms with E-state index in [2.05, 4.69) is 45.2 Å². The van der Waals surface area contributed by atoms with Crippen LogP contribution in [0.3, 0.4) is 0 Å². The van der Waals surface area contributed by atoms with Gasteiger partial charge in [0.15, 0.2) is 80.0 Å². The van der Waals surface area contributed by atoms with Crippen molar-refractivity contribution in [1.82, 2.24) is 59.2 Å². The lowest BCUT2D eigenvalue weighted by atomic mass is 9.92. The minimum Gasteiger partial charge on any atom is -0.396 e. The molecule has 99 heavy (non-hydrogen) atoms. The molecular weight excluding hydrogens is 1420 g/mol. The number of thiazole rings is 3. The number of nitrogen functional groups attached to an aromatic ring is 3. The molecule has 30 nitrogen and oxygen atoms in total. The van der Waals surface area contributed by atoms with Gasteiger partial charge in [-0.05, 0) is 166 Å². The van der Waals surface area contributed by atoms with Gasteiger partial charge in [0.2, 0.25) is 0 Å². The molecule has 0 aromatic carbocycles. The summed E-state index contributed by atoms with van der Waals surface area (Å²) in [4.78, 5) is 63.9. The number of carbonyl (C=O) groups is 3. The fraction of sp³-hybridized carbons (Fsp3) is 0.500. The molecule has 6 aliphatic rings. The van der Waals surface area contributed by atoms with Crippen molar-refractivity contribution >= 4 is 132 Å². The van der Waals surface area contributed by atoms with E-state index in [-0.39, 0.29) is 82.4 Å². The lowest BCUT2D eigenvalue weighted by Crippen LogP contribution is -2.29. The quantitative estimate of drug-likeness (QED) is 0.0585. The molecule has 6 fully saturated rings. The fourth-order valence-electron chi connectivity index (χ4n) is 12.2. The average molecular weight is 1490 g/mol. The fourth-order valence-corrected chi connectivity index (χ4v) is 19.2. The summed E-state index contributed by atoms with van der Waals surface area (Å²) in [6.45, 7) is 3.49. The highest BCUT2D eigenvalue weighted by Crippen LogP contribution is 2.42. The van der Waals surface area contributed by atoms with E-state index in [4.69, 9.17) is 45.6 Å². The molecule has 15 rings (SSSR count). The van der Waals surface area contributed by atoms with Crippen LogP contribution in [0.4, 0.5) is 30.6 Å². The third-order valence-corrected chi connectivity index (χ3v) is 26.7. The smallest absolute Gasteiger partial charge is 0.338 e. The van der Waals surface area contributed by atoms with Crippen molar-refractivity contribution in [3.05, 3.63) is 70.8 Å². The van der Waals surface area contributed by atoms with Crippen molar-refractivity contribution in [2.24, 2.45) is 17.8 Å².